The summed E-state index contributed by atoms with van der Waals surface area (Å²) in [5.41, 5.74) is 0.577. The van der Waals surface area contributed by atoms with Crippen LogP contribution in [-0.2, 0) is 17.8 Å². The molecular weight excluding hydrogens is 378 g/mol. The number of para-hydroxylation sites is 1. The Kier molecular flexibility index (Phi) is 5.25. The largest absolute Gasteiger partial charge is 0.496 e. The number of carbonyl (C=O) groups is 1. The fourth-order valence-electron chi connectivity index (χ4n) is 3.58. The van der Waals surface area contributed by atoms with Crippen molar-refractivity contribution in [1.29, 1.82) is 0 Å². The number of amides is 1. The van der Waals surface area contributed by atoms with Crippen LogP contribution in [0.15, 0.2) is 46.6 Å². The first kappa shape index (κ1) is 18.4. The Hall–Kier alpha value is -2.94. The van der Waals surface area contributed by atoms with Gasteiger partial charge in [-0.15, -0.1) is 11.3 Å². The van der Waals surface area contributed by atoms with E-state index in [0.29, 0.717) is 18.8 Å². The van der Waals surface area contributed by atoms with E-state index >= 15 is 0 Å². The number of ether oxygens (including phenoxy) is 1. The summed E-state index contributed by atoms with van der Waals surface area (Å²) >= 11 is 1.43. The molecule has 1 saturated heterocycles. The Labute approximate surface area is 165 Å². The van der Waals surface area contributed by atoms with Crippen molar-refractivity contribution in [2.24, 2.45) is 0 Å². The van der Waals surface area contributed by atoms with E-state index in [4.69, 9.17) is 4.74 Å². The molecular formula is C19H21N5O3S. The number of thiophene rings is 1. The standard InChI is InChI=1S/C19H21N5O3S/c1-27-16-8-3-2-6-14(16)12-17(25)22-10-4-7-15(22)13-23-19(26)24(21-20-23)18-9-5-11-28-18/h2-3,5-6,8-9,11,15H,4,7,10,12-13H2,1H3/t15-/m1/s1. The number of rotatable bonds is 6. The number of aromatic nitrogens is 4. The van der Waals surface area contributed by atoms with Crippen molar-refractivity contribution >= 4 is 17.2 Å². The van der Waals surface area contributed by atoms with Crippen LogP contribution in [0.2, 0.25) is 0 Å². The molecule has 2 aromatic heterocycles. The maximum atomic E-state index is 12.9. The summed E-state index contributed by atoms with van der Waals surface area (Å²) in [6.07, 6.45) is 2.03. The van der Waals surface area contributed by atoms with E-state index in [1.807, 2.05) is 46.7 Å². The van der Waals surface area contributed by atoms with Gasteiger partial charge >= 0.3 is 5.69 Å². The van der Waals surface area contributed by atoms with Crippen molar-refractivity contribution in [2.45, 2.75) is 31.8 Å². The van der Waals surface area contributed by atoms with Crippen molar-refractivity contribution in [3.8, 4) is 10.8 Å². The van der Waals surface area contributed by atoms with Gasteiger partial charge in [0.1, 0.15) is 10.8 Å². The zero-order chi connectivity index (χ0) is 19.5. The van der Waals surface area contributed by atoms with E-state index in [0.717, 1.165) is 23.4 Å². The topological polar surface area (TPSA) is 82.2 Å². The van der Waals surface area contributed by atoms with Gasteiger partial charge in [0.25, 0.3) is 0 Å². The minimum Gasteiger partial charge on any atom is -0.496 e. The molecule has 3 heterocycles. The first-order valence-electron chi connectivity index (χ1n) is 9.15. The van der Waals surface area contributed by atoms with Crippen LogP contribution in [0, 0.1) is 0 Å². The highest BCUT2D eigenvalue weighted by Crippen LogP contribution is 2.23. The van der Waals surface area contributed by atoms with Crippen LogP contribution in [0.4, 0.5) is 0 Å². The lowest BCUT2D eigenvalue weighted by molar-refractivity contribution is -0.131. The number of tetrazole rings is 1. The summed E-state index contributed by atoms with van der Waals surface area (Å²) in [6, 6.07) is 11.2. The minimum atomic E-state index is -0.286. The molecule has 1 aliphatic heterocycles. The lowest BCUT2D eigenvalue weighted by Gasteiger charge is -2.24. The van der Waals surface area contributed by atoms with Gasteiger partial charge < -0.3 is 9.64 Å². The molecule has 0 radical (unpaired) electrons. The Morgan fingerprint density at radius 3 is 2.89 bits per heavy atom. The summed E-state index contributed by atoms with van der Waals surface area (Å²) in [7, 11) is 1.60. The molecule has 9 heteroatoms. The van der Waals surface area contributed by atoms with Gasteiger partial charge in [-0.2, -0.15) is 9.36 Å². The second-order valence-corrected chi connectivity index (χ2v) is 7.60. The minimum absolute atomic E-state index is 0.0331. The van der Waals surface area contributed by atoms with E-state index in [2.05, 4.69) is 10.4 Å². The van der Waals surface area contributed by atoms with Gasteiger partial charge in [-0.3, -0.25) is 4.79 Å². The van der Waals surface area contributed by atoms with Crippen molar-refractivity contribution in [3.05, 3.63) is 57.8 Å². The molecule has 0 saturated carbocycles. The number of likely N-dealkylation sites (tertiary alicyclic amines) is 1. The maximum absolute atomic E-state index is 12.9. The highest BCUT2D eigenvalue weighted by molar-refractivity contribution is 7.12. The van der Waals surface area contributed by atoms with Crippen molar-refractivity contribution in [2.75, 3.05) is 13.7 Å². The Morgan fingerprint density at radius 2 is 2.11 bits per heavy atom. The molecule has 0 aliphatic carbocycles. The predicted molar refractivity (Wildman–Crippen MR) is 105 cm³/mol. The van der Waals surface area contributed by atoms with Crippen LogP contribution < -0.4 is 10.4 Å². The quantitative estimate of drug-likeness (QED) is 0.631. The van der Waals surface area contributed by atoms with Crippen LogP contribution in [0.3, 0.4) is 0 Å². The molecule has 1 amide bonds. The van der Waals surface area contributed by atoms with Gasteiger partial charge in [-0.25, -0.2) is 4.79 Å². The third-order valence-corrected chi connectivity index (χ3v) is 5.81. The van der Waals surface area contributed by atoms with Gasteiger partial charge in [0, 0.05) is 12.1 Å². The van der Waals surface area contributed by atoms with Crippen LogP contribution >= 0.6 is 11.3 Å². The van der Waals surface area contributed by atoms with Crippen LogP contribution in [0.25, 0.3) is 5.00 Å². The molecule has 146 valence electrons. The summed E-state index contributed by atoms with van der Waals surface area (Å²) in [6.45, 7) is 1.04. The number of nitrogens with zero attached hydrogens (tertiary/aromatic N) is 5. The molecule has 0 bridgehead atoms. The Morgan fingerprint density at radius 1 is 1.25 bits per heavy atom. The molecule has 1 fully saturated rings. The Balaban J connectivity index is 1.48. The van der Waals surface area contributed by atoms with Crippen LogP contribution in [0.5, 0.6) is 5.75 Å². The van der Waals surface area contributed by atoms with Crippen molar-refractivity contribution in [3.63, 3.8) is 0 Å². The third-order valence-electron chi connectivity index (χ3n) is 4.97. The molecule has 8 nitrogen and oxygen atoms in total. The van der Waals surface area contributed by atoms with Gasteiger partial charge in [0.2, 0.25) is 5.91 Å². The summed E-state index contributed by atoms with van der Waals surface area (Å²) < 4.78 is 7.99. The smallest absolute Gasteiger partial charge is 0.369 e. The van der Waals surface area contributed by atoms with Crippen molar-refractivity contribution < 1.29 is 9.53 Å². The first-order chi connectivity index (χ1) is 13.7. The lowest BCUT2D eigenvalue weighted by Crippen LogP contribution is -2.41. The number of carbonyl (C=O) groups excluding carboxylic acids is 1. The second kappa shape index (κ2) is 7.97. The summed E-state index contributed by atoms with van der Waals surface area (Å²) in [5, 5.41) is 10.6. The predicted octanol–water partition coefficient (Wildman–Crippen LogP) is 1.73. The van der Waals surface area contributed by atoms with Crippen molar-refractivity contribution in [1.82, 2.24) is 24.7 Å². The molecule has 1 aliphatic rings. The number of hydrogen-bond acceptors (Lipinski definition) is 6. The van der Waals surface area contributed by atoms with Gasteiger partial charge in [-0.05, 0) is 46.8 Å². The summed E-state index contributed by atoms with van der Waals surface area (Å²) in [5.74, 6) is 0.743. The fraction of sp³-hybridized carbons (Fsp3) is 0.368. The van der Waals surface area contributed by atoms with E-state index < -0.39 is 0 Å². The SMILES string of the molecule is COc1ccccc1CC(=O)N1CCC[C@@H]1Cn1nnn(-c2cccs2)c1=O. The van der Waals surface area contributed by atoms with Crippen LogP contribution in [0.1, 0.15) is 18.4 Å². The van der Waals surface area contributed by atoms with E-state index in [9.17, 15) is 9.59 Å². The van der Waals surface area contributed by atoms with Crippen LogP contribution in [-0.4, -0.2) is 50.3 Å². The third kappa shape index (κ3) is 3.57. The molecule has 0 unspecified atom stereocenters. The average molecular weight is 399 g/mol. The number of hydrogen-bond donors (Lipinski definition) is 0. The zero-order valence-corrected chi connectivity index (χ0v) is 16.3. The van der Waals surface area contributed by atoms with E-state index in [1.54, 1.807) is 7.11 Å². The molecule has 0 spiro atoms. The van der Waals surface area contributed by atoms with E-state index in [1.165, 1.54) is 20.7 Å². The molecule has 4 rings (SSSR count). The Bertz CT molecular complexity index is 1010. The molecule has 0 N–H and O–H groups in total. The first-order valence-corrected chi connectivity index (χ1v) is 10.0. The number of benzene rings is 1. The molecule has 1 aromatic carbocycles. The highest BCUT2D eigenvalue weighted by atomic mass is 32.1. The normalized spacial score (nSPS) is 16.5. The van der Waals surface area contributed by atoms with Gasteiger partial charge in [0.05, 0.1) is 26.1 Å². The second-order valence-electron chi connectivity index (χ2n) is 6.68. The molecule has 3 aromatic rings. The molecule has 28 heavy (non-hydrogen) atoms. The summed E-state index contributed by atoms with van der Waals surface area (Å²) in [4.78, 5) is 27.3. The molecule has 1 atom stereocenters. The maximum Gasteiger partial charge on any atom is 0.369 e. The number of methoxy groups -OCH3 is 1. The average Bonchev–Trinajstić information content (AvgIpc) is 3.45. The van der Waals surface area contributed by atoms with E-state index in [-0.39, 0.29) is 24.1 Å². The monoisotopic (exact) mass is 399 g/mol. The lowest BCUT2D eigenvalue weighted by atomic mass is 10.1. The fourth-order valence-corrected chi connectivity index (χ4v) is 4.25. The van der Waals surface area contributed by atoms with Gasteiger partial charge in [0.15, 0.2) is 0 Å². The highest BCUT2D eigenvalue weighted by Gasteiger charge is 2.30. The zero-order valence-electron chi connectivity index (χ0n) is 15.5. The van der Waals surface area contributed by atoms with Gasteiger partial charge in [-0.1, -0.05) is 18.2 Å².